The quantitative estimate of drug-likeness (QED) is 0.803. The summed E-state index contributed by atoms with van der Waals surface area (Å²) in [4.78, 5) is 0.131. The van der Waals surface area contributed by atoms with E-state index in [9.17, 15) is 12.8 Å². The Kier molecular flexibility index (Phi) is 4.54. The lowest BCUT2D eigenvalue weighted by Gasteiger charge is -2.21. The molecule has 0 radical (unpaired) electrons. The predicted molar refractivity (Wildman–Crippen MR) is 82.7 cm³/mol. The molecule has 2 aromatic rings. The summed E-state index contributed by atoms with van der Waals surface area (Å²) < 4.78 is 40.1. The van der Waals surface area contributed by atoms with Crippen LogP contribution in [0.3, 0.4) is 0 Å². The van der Waals surface area contributed by atoms with Gasteiger partial charge in [0.2, 0.25) is 0 Å². The van der Waals surface area contributed by atoms with Gasteiger partial charge in [-0.25, -0.2) is 12.8 Å². The van der Waals surface area contributed by atoms with Crippen LogP contribution < -0.4 is 4.31 Å². The number of rotatable bonds is 4. The number of halogens is 2. The van der Waals surface area contributed by atoms with Crippen molar-refractivity contribution in [1.29, 1.82) is 0 Å². The van der Waals surface area contributed by atoms with E-state index in [1.165, 1.54) is 31.3 Å². The van der Waals surface area contributed by atoms with Gasteiger partial charge in [-0.15, -0.1) is 11.6 Å². The molecule has 21 heavy (non-hydrogen) atoms. The highest BCUT2D eigenvalue weighted by molar-refractivity contribution is 7.92. The molecule has 0 unspecified atom stereocenters. The SMILES string of the molecule is Cc1c(CCl)cccc1S(=O)(=O)N(C)c1ccccc1F. The van der Waals surface area contributed by atoms with Crippen molar-refractivity contribution in [2.75, 3.05) is 11.4 Å². The molecule has 2 aromatic carbocycles. The van der Waals surface area contributed by atoms with E-state index in [0.717, 1.165) is 9.87 Å². The molecule has 0 amide bonds. The first-order valence-corrected chi connectivity index (χ1v) is 8.25. The molecule has 0 fully saturated rings. The Hall–Kier alpha value is -1.59. The lowest BCUT2D eigenvalue weighted by molar-refractivity contribution is 0.589. The zero-order chi connectivity index (χ0) is 15.6. The van der Waals surface area contributed by atoms with Gasteiger partial charge in [0.25, 0.3) is 10.0 Å². The van der Waals surface area contributed by atoms with E-state index in [1.54, 1.807) is 25.1 Å². The summed E-state index contributed by atoms with van der Waals surface area (Å²) in [5.41, 5.74) is 1.32. The first-order valence-electron chi connectivity index (χ1n) is 6.27. The average molecular weight is 328 g/mol. The fourth-order valence-electron chi connectivity index (χ4n) is 2.07. The van der Waals surface area contributed by atoms with Crippen LogP contribution in [0.4, 0.5) is 10.1 Å². The molecule has 112 valence electrons. The van der Waals surface area contributed by atoms with E-state index in [4.69, 9.17) is 11.6 Å². The molecule has 0 saturated heterocycles. The Morgan fingerprint density at radius 3 is 2.43 bits per heavy atom. The summed E-state index contributed by atoms with van der Waals surface area (Å²) in [5.74, 6) is -0.367. The Bertz CT molecular complexity index is 762. The van der Waals surface area contributed by atoms with Crippen LogP contribution in [-0.2, 0) is 15.9 Å². The number of nitrogens with zero attached hydrogens (tertiary/aromatic N) is 1. The maximum Gasteiger partial charge on any atom is 0.264 e. The number of hydrogen-bond acceptors (Lipinski definition) is 2. The second kappa shape index (κ2) is 6.03. The fourth-order valence-corrected chi connectivity index (χ4v) is 3.83. The number of anilines is 1. The number of benzene rings is 2. The molecule has 0 aliphatic carbocycles. The maximum absolute atomic E-state index is 13.8. The van der Waals surface area contributed by atoms with Crippen molar-refractivity contribution in [3.8, 4) is 0 Å². The standard InChI is InChI=1S/C15H15ClFNO2S/c1-11-12(10-16)6-5-9-15(11)21(19,20)18(2)14-8-4-3-7-13(14)17/h3-9H,10H2,1-2H3. The van der Waals surface area contributed by atoms with Crippen LogP contribution in [0.1, 0.15) is 11.1 Å². The third-order valence-corrected chi connectivity index (χ3v) is 5.57. The first-order chi connectivity index (χ1) is 9.89. The minimum atomic E-state index is -3.84. The van der Waals surface area contributed by atoms with Gasteiger partial charge in [0.1, 0.15) is 5.82 Å². The van der Waals surface area contributed by atoms with Crippen LogP contribution in [0, 0.1) is 12.7 Å². The van der Waals surface area contributed by atoms with Gasteiger partial charge in [0.05, 0.1) is 10.6 Å². The smallest absolute Gasteiger partial charge is 0.264 e. The zero-order valence-electron chi connectivity index (χ0n) is 11.7. The molecule has 0 aliphatic rings. The summed E-state index contributed by atoms with van der Waals surface area (Å²) in [7, 11) is -2.51. The topological polar surface area (TPSA) is 37.4 Å². The lowest BCUT2D eigenvalue weighted by Crippen LogP contribution is -2.28. The van der Waals surface area contributed by atoms with Crippen LogP contribution >= 0.6 is 11.6 Å². The molecule has 0 N–H and O–H groups in total. The largest absolute Gasteiger partial charge is 0.266 e. The fraction of sp³-hybridized carbons (Fsp3) is 0.200. The first kappa shape index (κ1) is 15.8. The predicted octanol–water partition coefficient (Wildman–Crippen LogP) is 3.70. The summed E-state index contributed by atoms with van der Waals surface area (Å²) in [6.45, 7) is 1.69. The molecule has 0 saturated carbocycles. The number of sulfonamides is 1. The molecule has 0 aliphatic heterocycles. The zero-order valence-corrected chi connectivity index (χ0v) is 13.2. The summed E-state index contributed by atoms with van der Waals surface area (Å²) in [6.07, 6.45) is 0. The van der Waals surface area contributed by atoms with E-state index in [1.807, 2.05) is 0 Å². The number of hydrogen-bond donors (Lipinski definition) is 0. The maximum atomic E-state index is 13.8. The van der Waals surface area contributed by atoms with Crippen LogP contribution in [0.2, 0.25) is 0 Å². The molecule has 3 nitrogen and oxygen atoms in total. The summed E-state index contributed by atoms with van der Waals surface area (Å²) in [5, 5.41) is 0. The van der Waals surface area contributed by atoms with E-state index in [0.29, 0.717) is 5.56 Å². The molecule has 0 aromatic heterocycles. The van der Waals surface area contributed by atoms with Crippen LogP contribution in [-0.4, -0.2) is 15.5 Å². The highest BCUT2D eigenvalue weighted by atomic mass is 35.5. The highest BCUT2D eigenvalue weighted by Gasteiger charge is 2.25. The van der Waals surface area contributed by atoms with Gasteiger partial charge < -0.3 is 0 Å². The molecule has 6 heteroatoms. The van der Waals surface area contributed by atoms with Crippen LogP contribution in [0.5, 0.6) is 0 Å². The van der Waals surface area contributed by atoms with Gasteiger partial charge in [0, 0.05) is 12.9 Å². The van der Waals surface area contributed by atoms with E-state index in [-0.39, 0.29) is 16.5 Å². The lowest BCUT2D eigenvalue weighted by atomic mass is 10.1. The van der Waals surface area contributed by atoms with Gasteiger partial charge in [-0.2, -0.15) is 0 Å². The molecule has 0 spiro atoms. The third-order valence-electron chi connectivity index (χ3n) is 3.37. The van der Waals surface area contributed by atoms with Crippen molar-refractivity contribution in [3.05, 3.63) is 59.4 Å². The van der Waals surface area contributed by atoms with Gasteiger partial charge in [-0.05, 0) is 36.2 Å². The van der Waals surface area contributed by atoms with E-state index in [2.05, 4.69) is 0 Å². The van der Waals surface area contributed by atoms with Gasteiger partial charge >= 0.3 is 0 Å². The second-order valence-electron chi connectivity index (χ2n) is 4.60. The Labute approximate surface area is 129 Å². The van der Waals surface area contributed by atoms with E-state index < -0.39 is 15.8 Å². The third kappa shape index (κ3) is 2.89. The summed E-state index contributed by atoms with van der Waals surface area (Å²) >= 11 is 5.81. The van der Waals surface area contributed by atoms with Crippen molar-refractivity contribution < 1.29 is 12.8 Å². The van der Waals surface area contributed by atoms with Gasteiger partial charge in [-0.3, -0.25) is 4.31 Å². The Morgan fingerprint density at radius 1 is 1.14 bits per heavy atom. The molecule has 0 bridgehead atoms. The highest BCUT2D eigenvalue weighted by Crippen LogP contribution is 2.27. The molecule has 0 heterocycles. The molecular weight excluding hydrogens is 313 g/mol. The van der Waals surface area contributed by atoms with Gasteiger partial charge in [0.15, 0.2) is 0 Å². The Morgan fingerprint density at radius 2 is 1.81 bits per heavy atom. The van der Waals surface area contributed by atoms with Crippen molar-refractivity contribution >= 4 is 27.3 Å². The second-order valence-corrected chi connectivity index (χ2v) is 6.80. The minimum Gasteiger partial charge on any atom is -0.266 e. The van der Waals surface area contributed by atoms with Crippen molar-refractivity contribution in [1.82, 2.24) is 0 Å². The van der Waals surface area contributed by atoms with E-state index >= 15 is 0 Å². The van der Waals surface area contributed by atoms with Gasteiger partial charge in [-0.1, -0.05) is 24.3 Å². The number of alkyl halides is 1. The monoisotopic (exact) mass is 327 g/mol. The minimum absolute atomic E-state index is 0.00757. The van der Waals surface area contributed by atoms with Crippen LogP contribution in [0.15, 0.2) is 47.4 Å². The van der Waals surface area contributed by atoms with Crippen LogP contribution in [0.25, 0.3) is 0 Å². The average Bonchev–Trinajstić information content (AvgIpc) is 2.47. The normalized spacial score (nSPS) is 11.4. The van der Waals surface area contributed by atoms with Crippen molar-refractivity contribution in [2.24, 2.45) is 0 Å². The Balaban J connectivity index is 2.55. The molecular formula is C15H15ClFNO2S. The molecule has 2 rings (SSSR count). The summed E-state index contributed by atoms with van der Waals surface area (Å²) in [6, 6.07) is 10.7. The van der Waals surface area contributed by atoms with Crippen molar-refractivity contribution in [3.63, 3.8) is 0 Å². The van der Waals surface area contributed by atoms with Crippen molar-refractivity contribution in [2.45, 2.75) is 17.7 Å². The molecule has 0 atom stereocenters. The number of para-hydroxylation sites is 1.